The molecule has 0 radical (unpaired) electrons. The van der Waals surface area contributed by atoms with Crippen molar-refractivity contribution >= 4 is 0 Å². The first kappa shape index (κ1) is 13.1. The van der Waals surface area contributed by atoms with E-state index in [0.717, 1.165) is 25.4 Å². The molecule has 0 amide bonds. The minimum atomic E-state index is -0.160. The van der Waals surface area contributed by atoms with Crippen LogP contribution in [0.3, 0.4) is 0 Å². The largest absolute Gasteiger partial charge is 0.327 e. The van der Waals surface area contributed by atoms with Crippen LogP contribution in [0.2, 0.25) is 0 Å². The van der Waals surface area contributed by atoms with Gasteiger partial charge in [-0.05, 0) is 55.7 Å². The maximum absolute atomic E-state index is 13.0. The Morgan fingerprint density at radius 1 is 1.21 bits per heavy atom. The van der Waals surface area contributed by atoms with E-state index in [2.05, 4.69) is 11.8 Å². The number of nitrogens with zero attached hydrogens (tertiary/aromatic N) is 1. The molecule has 104 valence electrons. The summed E-state index contributed by atoms with van der Waals surface area (Å²) in [5, 5.41) is 0. The molecule has 1 aromatic carbocycles. The van der Waals surface area contributed by atoms with Gasteiger partial charge < -0.3 is 5.73 Å². The monoisotopic (exact) mass is 262 g/mol. The summed E-state index contributed by atoms with van der Waals surface area (Å²) < 4.78 is 13.0. The Labute approximate surface area is 114 Å². The highest BCUT2D eigenvalue weighted by atomic mass is 19.1. The zero-order valence-electron chi connectivity index (χ0n) is 11.6. The number of hydrogen-bond donors (Lipinski definition) is 1. The summed E-state index contributed by atoms with van der Waals surface area (Å²) in [6.45, 7) is 4.41. The number of nitrogens with two attached hydrogens (primary N) is 1. The summed E-state index contributed by atoms with van der Waals surface area (Å²) in [6, 6.07) is 7.84. The summed E-state index contributed by atoms with van der Waals surface area (Å²) in [7, 11) is 0. The lowest BCUT2D eigenvalue weighted by Gasteiger charge is -2.40. The molecule has 1 aliphatic heterocycles. The van der Waals surface area contributed by atoms with E-state index in [1.165, 1.54) is 18.4 Å². The van der Waals surface area contributed by atoms with Gasteiger partial charge in [0.15, 0.2) is 0 Å². The van der Waals surface area contributed by atoms with Crippen molar-refractivity contribution < 1.29 is 4.39 Å². The molecule has 1 heterocycles. The topological polar surface area (TPSA) is 29.3 Å². The van der Waals surface area contributed by atoms with Gasteiger partial charge in [0.05, 0.1) is 0 Å². The van der Waals surface area contributed by atoms with Gasteiger partial charge in [-0.25, -0.2) is 4.39 Å². The van der Waals surface area contributed by atoms with Gasteiger partial charge in [0.25, 0.3) is 0 Å². The number of halogens is 1. The van der Waals surface area contributed by atoms with E-state index in [9.17, 15) is 4.39 Å². The quantitative estimate of drug-likeness (QED) is 0.907. The van der Waals surface area contributed by atoms with Crippen LogP contribution in [-0.4, -0.2) is 30.1 Å². The summed E-state index contributed by atoms with van der Waals surface area (Å²) in [5.41, 5.74) is 7.45. The Bertz CT molecular complexity index is 427. The highest BCUT2D eigenvalue weighted by Crippen LogP contribution is 2.37. The third-order valence-electron chi connectivity index (χ3n) is 4.73. The smallest absolute Gasteiger partial charge is 0.123 e. The molecule has 0 aromatic heterocycles. The van der Waals surface area contributed by atoms with Crippen molar-refractivity contribution in [2.24, 2.45) is 11.7 Å². The summed E-state index contributed by atoms with van der Waals surface area (Å²) in [6.07, 6.45) is 3.75. The van der Waals surface area contributed by atoms with Crippen LogP contribution < -0.4 is 5.73 Å². The normalized spacial score (nSPS) is 30.3. The minimum Gasteiger partial charge on any atom is -0.327 e. The number of benzene rings is 1. The Balaban J connectivity index is 1.72. The highest BCUT2D eigenvalue weighted by Gasteiger charge is 2.36. The van der Waals surface area contributed by atoms with Crippen LogP contribution in [-0.2, 0) is 0 Å². The molecule has 3 rings (SSSR count). The molecule has 1 aliphatic carbocycles. The number of rotatable bonds is 3. The number of piperidine rings is 1. The maximum Gasteiger partial charge on any atom is 0.123 e. The molecular formula is C16H23FN2. The molecule has 0 spiro atoms. The number of hydrogen-bond acceptors (Lipinski definition) is 2. The van der Waals surface area contributed by atoms with Crippen LogP contribution in [0.5, 0.6) is 0 Å². The van der Waals surface area contributed by atoms with Gasteiger partial charge >= 0.3 is 0 Å². The van der Waals surface area contributed by atoms with Crippen LogP contribution in [0.15, 0.2) is 24.3 Å². The second-order valence-corrected chi connectivity index (χ2v) is 6.28. The molecule has 1 saturated heterocycles. The van der Waals surface area contributed by atoms with Gasteiger partial charge in [0.2, 0.25) is 0 Å². The molecule has 2 N–H and O–H groups in total. The van der Waals surface area contributed by atoms with Crippen LogP contribution in [0, 0.1) is 11.7 Å². The van der Waals surface area contributed by atoms with Gasteiger partial charge in [-0.1, -0.05) is 12.1 Å². The summed E-state index contributed by atoms with van der Waals surface area (Å²) in [5.74, 6) is 1.16. The lowest BCUT2D eigenvalue weighted by molar-refractivity contribution is 0.130. The molecule has 3 unspecified atom stereocenters. The van der Waals surface area contributed by atoms with Crippen molar-refractivity contribution in [3.63, 3.8) is 0 Å². The second kappa shape index (κ2) is 5.22. The fourth-order valence-corrected chi connectivity index (χ4v) is 3.36. The van der Waals surface area contributed by atoms with Crippen LogP contribution in [0.4, 0.5) is 4.39 Å². The van der Waals surface area contributed by atoms with E-state index < -0.39 is 0 Å². The molecular weight excluding hydrogens is 239 g/mol. The van der Waals surface area contributed by atoms with Gasteiger partial charge in [-0.2, -0.15) is 0 Å². The van der Waals surface area contributed by atoms with Crippen molar-refractivity contribution in [1.29, 1.82) is 0 Å². The van der Waals surface area contributed by atoms with E-state index in [-0.39, 0.29) is 11.9 Å². The molecule has 2 nitrogen and oxygen atoms in total. The first-order chi connectivity index (χ1) is 9.13. The minimum absolute atomic E-state index is 0.160. The van der Waals surface area contributed by atoms with Crippen LogP contribution in [0.25, 0.3) is 0 Å². The Morgan fingerprint density at radius 2 is 1.89 bits per heavy atom. The standard InChI is InChI=1S/C16H23FN2/c1-11(12-2-3-12)19-9-14(8-16(18)10-19)13-4-6-15(17)7-5-13/h4-7,11-12,14,16H,2-3,8-10,18H2,1H3. The predicted octanol–water partition coefficient (Wildman–Crippen LogP) is 2.74. The van der Waals surface area contributed by atoms with Crippen LogP contribution >= 0.6 is 0 Å². The average molecular weight is 262 g/mol. The molecule has 2 fully saturated rings. The van der Waals surface area contributed by atoms with E-state index >= 15 is 0 Å². The van der Waals surface area contributed by atoms with Gasteiger partial charge in [0.1, 0.15) is 5.82 Å². The zero-order chi connectivity index (χ0) is 13.4. The molecule has 2 aliphatic rings. The second-order valence-electron chi connectivity index (χ2n) is 6.28. The molecule has 3 atom stereocenters. The van der Waals surface area contributed by atoms with Crippen LogP contribution in [0.1, 0.15) is 37.7 Å². The fourth-order valence-electron chi connectivity index (χ4n) is 3.36. The van der Waals surface area contributed by atoms with Crippen molar-refractivity contribution in [3.8, 4) is 0 Å². The van der Waals surface area contributed by atoms with E-state index in [0.29, 0.717) is 12.0 Å². The Kier molecular flexibility index (Phi) is 3.59. The van der Waals surface area contributed by atoms with Gasteiger partial charge in [0, 0.05) is 25.2 Å². The molecule has 1 aromatic rings. The molecule has 3 heteroatoms. The van der Waals surface area contributed by atoms with E-state index in [1.807, 2.05) is 12.1 Å². The van der Waals surface area contributed by atoms with E-state index in [4.69, 9.17) is 5.73 Å². The van der Waals surface area contributed by atoms with Gasteiger partial charge in [-0.3, -0.25) is 4.90 Å². The fraction of sp³-hybridized carbons (Fsp3) is 0.625. The first-order valence-electron chi connectivity index (χ1n) is 7.38. The third-order valence-corrected chi connectivity index (χ3v) is 4.73. The SMILES string of the molecule is CC(C1CC1)N1CC(N)CC(c2ccc(F)cc2)C1. The molecule has 0 bridgehead atoms. The van der Waals surface area contributed by atoms with E-state index in [1.54, 1.807) is 12.1 Å². The third kappa shape index (κ3) is 2.98. The lowest BCUT2D eigenvalue weighted by atomic mass is 9.87. The van der Waals surface area contributed by atoms with Crippen molar-refractivity contribution in [1.82, 2.24) is 4.90 Å². The average Bonchev–Trinajstić information content (AvgIpc) is 3.22. The molecule has 19 heavy (non-hydrogen) atoms. The van der Waals surface area contributed by atoms with Crippen molar-refractivity contribution in [2.75, 3.05) is 13.1 Å². The highest BCUT2D eigenvalue weighted by molar-refractivity contribution is 5.22. The number of likely N-dealkylation sites (tertiary alicyclic amines) is 1. The lowest BCUT2D eigenvalue weighted by Crippen LogP contribution is -2.50. The Morgan fingerprint density at radius 3 is 2.53 bits per heavy atom. The first-order valence-corrected chi connectivity index (χ1v) is 7.38. The summed E-state index contributed by atoms with van der Waals surface area (Å²) >= 11 is 0. The van der Waals surface area contributed by atoms with Gasteiger partial charge in [-0.15, -0.1) is 0 Å². The summed E-state index contributed by atoms with van der Waals surface area (Å²) in [4.78, 5) is 2.54. The maximum atomic E-state index is 13.0. The zero-order valence-corrected chi connectivity index (χ0v) is 11.6. The molecule has 1 saturated carbocycles. The van der Waals surface area contributed by atoms with Crippen molar-refractivity contribution in [2.45, 2.75) is 44.2 Å². The van der Waals surface area contributed by atoms with Crippen molar-refractivity contribution in [3.05, 3.63) is 35.6 Å². The predicted molar refractivity (Wildman–Crippen MR) is 75.5 cm³/mol. The Hall–Kier alpha value is -0.930.